The molecule has 1 amide bonds. The van der Waals surface area contributed by atoms with Crippen molar-refractivity contribution in [3.63, 3.8) is 0 Å². The van der Waals surface area contributed by atoms with Gasteiger partial charge in [-0.1, -0.05) is 0 Å². The minimum atomic E-state index is -0.497. The maximum absolute atomic E-state index is 13.2. The Balaban J connectivity index is 1.71. The second kappa shape index (κ2) is 7.35. The van der Waals surface area contributed by atoms with Crippen LogP contribution >= 0.6 is 0 Å². The third-order valence-corrected chi connectivity index (χ3v) is 4.24. The maximum Gasteiger partial charge on any atom is 0.410 e. The summed E-state index contributed by atoms with van der Waals surface area (Å²) in [6.45, 7) is 8.36. The number of hydrogen-bond donors (Lipinski definition) is 1. The van der Waals surface area contributed by atoms with Gasteiger partial charge in [-0.05, 0) is 51.5 Å². The average Bonchev–Trinajstić information content (AvgIpc) is 2.91. The van der Waals surface area contributed by atoms with Gasteiger partial charge in [-0.3, -0.25) is 5.10 Å². The molecule has 0 aliphatic carbocycles. The fraction of sp³-hybridized carbons (Fsp3) is 0.474. The highest BCUT2D eigenvalue weighted by atomic mass is 19.1. The minimum Gasteiger partial charge on any atom is -0.444 e. The van der Waals surface area contributed by atoms with E-state index in [2.05, 4.69) is 15.1 Å². The summed E-state index contributed by atoms with van der Waals surface area (Å²) in [5.41, 5.74) is 2.20. The van der Waals surface area contributed by atoms with Gasteiger partial charge in [0.2, 0.25) is 0 Å². The van der Waals surface area contributed by atoms with Crippen LogP contribution in [-0.2, 0) is 4.74 Å². The van der Waals surface area contributed by atoms with Crippen molar-refractivity contribution < 1.29 is 13.9 Å². The van der Waals surface area contributed by atoms with E-state index < -0.39 is 5.60 Å². The van der Waals surface area contributed by atoms with Gasteiger partial charge in [0, 0.05) is 31.7 Å². The number of H-pyrrole nitrogens is 1. The summed E-state index contributed by atoms with van der Waals surface area (Å²) in [5.74, 6) is -0.266. The first-order valence-electron chi connectivity index (χ1n) is 8.86. The molecule has 6 nitrogen and oxygen atoms in total. The van der Waals surface area contributed by atoms with Crippen molar-refractivity contribution in [2.75, 3.05) is 31.1 Å². The molecule has 26 heavy (non-hydrogen) atoms. The third-order valence-electron chi connectivity index (χ3n) is 4.24. The van der Waals surface area contributed by atoms with Gasteiger partial charge in [-0.15, -0.1) is 0 Å². The molecule has 0 radical (unpaired) electrons. The lowest BCUT2D eigenvalue weighted by atomic mass is 10.1. The fourth-order valence-corrected chi connectivity index (χ4v) is 3.02. The number of nitrogens with zero attached hydrogens (tertiary/aromatic N) is 3. The summed E-state index contributed by atoms with van der Waals surface area (Å²) in [5, 5.41) is 7.17. The summed E-state index contributed by atoms with van der Waals surface area (Å²) < 4.78 is 18.7. The van der Waals surface area contributed by atoms with Gasteiger partial charge in [0.25, 0.3) is 0 Å². The van der Waals surface area contributed by atoms with Gasteiger partial charge in [0.05, 0.1) is 17.6 Å². The zero-order valence-corrected chi connectivity index (χ0v) is 15.5. The van der Waals surface area contributed by atoms with Crippen LogP contribution in [0.2, 0.25) is 0 Å². The molecule has 1 aliphatic heterocycles. The molecule has 1 aromatic carbocycles. The van der Waals surface area contributed by atoms with E-state index in [1.165, 1.54) is 12.1 Å². The van der Waals surface area contributed by atoms with Crippen LogP contribution in [0.1, 0.15) is 27.2 Å². The topological polar surface area (TPSA) is 61.5 Å². The predicted molar refractivity (Wildman–Crippen MR) is 98.6 cm³/mol. The van der Waals surface area contributed by atoms with Crippen molar-refractivity contribution in [3.05, 3.63) is 36.3 Å². The van der Waals surface area contributed by atoms with Crippen LogP contribution in [0.5, 0.6) is 0 Å². The summed E-state index contributed by atoms with van der Waals surface area (Å²) >= 11 is 0. The lowest BCUT2D eigenvalue weighted by Crippen LogP contribution is -2.39. The summed E-state index contributed by atoms with van der Waals surface area (Å²) in [6.07, 6.45) is 2.35. The molecule has 3 rings (SSSR count). The Morgan fingerprint density at radius 1 is 1.15 bits per heavy atom. The normalized spacial score (nSPS) is 15.7. The molecule has 1 saturated heterocycles. The van der Waals surface area contributed by atoms with Crippen molar-refractivity contribution in [3.8, 4) is 11.3 Å². The van der Waals surface area contributed by atoms with Crippen LogP contribution in [-0.4, -0.2) is 53.0 Å². The number of anilines is 1. The van der Waals surface area contributed by atoms with Gasteiger partial charge in [0.15, 0.2) is 0 Å². The predicted octanol–water partition coefficient (Wildman–Crippen LogP) is 3.66. The van der Waals surface area contributed by atoms with Gasteiger partial charge in [-0.2, -0.15) is 5.10 Å². The molecule has 1 N–H and O–H groups in total. The Kier molecular flexibility index (Phi) is 5.15. The molecule has 7 heteroatoms. The number of amides is 1. The molecule has 0 unspecified atom stereocenters. The average molecular weight is 360 g/mol. The summed E-state index contributed by atoms with van der Waals surface area (Å²) in [7, 11) is 0. The lowest BCUT2D eigenvalue weighted by molar-refractivity contribution is 0.0263. The number of carbonyl (C=O) groups excluding carboxylic acids is 1. The van der Waals surface area contributed by atoms with Crippen molar-refractivity contribution in [1.82, 2.24) is 15.1 Å². The van der Waals surface area contributed by atoms with Gasteiger partial charge in [-0.25, -0.2) is 9.18 Å². The zero-order chi connectivity index (χ0) is 18.7. The van der Waals surface area contributed by atoms with Crippen LogP contribution < -0.4 is 4.90 Å². The molecule has 2 heterocycles. The monoisotopic (exact) mass is 360 g/mol. The summed E-state index contributed by atoms with van der Waals surface area (Å²) in [6, 6.07) is 6.34. The highest BCUT2D eigenvalue weighted by Gasteiger charge is 2.25. The Bertz CT molecular complexity index is 752. The Morgan fingerprint density at radius 2 is 1.88 bits per heavy atom. The molecular weight excluding hydrogens is 335 g/mol. The van der Waals surface area contributed by atoms with Crippen molar-refractivity contribution >= 4 is 11.8 Å². The molecular formula is C19H25FN4O2. The molecule has 1 aromatic heterocycles. The SMILES string of the molecule is CC(C)(C)OC(=O)N1CCCN(c2cn[nH]c2-c2ccc(F)cc2)CC1. The highest BCUT2D eigenvalue weighted by molar-refractivity contribution is 5.75. The number of aromatic nitrogens is 2. The standard InChI is InChI=1S/C19H25FN4O2/c1-19(2,3)26-18(25)24-10-4-9-23(11-12-24)16-13-21-22-17(16)14-5-7-15(20)8-6-14/h5-8,13H,4,9-12H2,1-3H3,(H,21,22). The third kappa shape index (κ3) is 4.33. The van der Waals surface area contributed by atoms with Crippen LogP contribution in [0.3, 0.4) is 0 Å². The number of ether oxygens (including phenoxy) is 1. The first-order valence-corrected chi connectivity index (χ1v) is 8.86. The second-order valence-electron chi connectivity index (χ2n) is 7.45. The van der Waals surface area contributed by atoms with E-state index in [-0.39, 0.29) is 11.9 Å². The first-order chi connectivity index (χ1) is 12.3. The molecule has 2 aromatic rings. The van der Waals surface area contributed by atoms with Gasteiger partial charge in [0.1, 0.15) is 11.4 Å². The van der Waals surface area contributed by atoms with Crippen molar-refractivity contribution in [2.24, 2.45) is 0 Å². The van der Waals surface area contributed by atoms with E-state index in [1.54, 1.807) is 23.2 Å². The Hall–Kier alpha value is -2.57. The molecule has 0 saturated carbocycles. The smallest absolute Gasteiger partial charge is 0.410 e. The largest absolute Gasteiger partial charge is 0.444 e. The maximum atomic E-state index is 13.2. The second-order valence-corrected chi connectivity index (χ2v) is 7.45. The first kappa shape index (κ1) is 18.2. The van der Waals surface area contributed by atoms with E-state index in [4.69, 9.17) is 4.74 Å². The number of aromatic amines is 1. The number of halogens is 1. The molecule has 0 bridgehead atoms. The Labute approximate surface area is 152 Å². The van der Waals surface area contributed by atoms with E-state index in [1.807, 2.05) is 20.8 Å². The van der Waals surface area contributed by atoms with Crippen LogP contribution in [0.25, 0.3) is 11.3 Å². The van der Waals surface area contributed by atoms with E-state index in [0.717, 1.165) is 29.9 Å². The minimum absolute atomic E-state index is 0.266. The lowest BCUT2D eigenvalue weighted by Gasteiger charge is -2.26. The van der Waals surface area contributed by atoms with Gasteiger partial charge < -0.3 is 14.5 Å². The van der Waals surface area contributed by atoms with E-state index in [9.17, 15) is 9.18 Å². The van der Waals surface area contributed by atoms with Crippen LogP contribution in [0.15, 0.2) is 30.5 Å². The quantitative estimate of drug-likeness (QED) is 0.888. The van der Waals surface area contributed by atoms with Crippen molar-refractivity contribution in [1.29, 1.82) is 0 Å². The fourth-order valence-electron chi connectivity index (χ4n) is 3.02. The molecule has 0 atom stereocenters. The van der Waals surface area contributed by atoms with Crippen LogP contribution in [0.4, 0.5) is 14.9 Å². The molecule has 1 aliphatic rings. The number of rotatable bonds is 2. The molecule has 0 spiro atoms. The van der Waals surface area contributed by atoms with Gasteiger partial charge >= 0.3 is 6.09 Å². The zero-order valence-electron chi connectivity index (χ0n) is 15.5. The number of benzene rings is 1. The number of nitrogens with one attached hydrogen (secondary N) is 1. The molecule has 1 fully saturated rings. The molecule has 140 valence electrons. The number of hydrogen-bond acceptors (Lipinski definition) is 4. The Morgan fingerprint density at radius 3 is 2.58 bits per heavy atom. The van der Waals surface area contributed by atoms with E-state index >= 15 is 0 Å². The summed E-state index contributed by atoms with van der Waals surface area (Å²) in [4.78, 5) is 16.3. The van der Waals surface area contributed by atoms with Crippen molar-refractivity contribution in [2.45, 2.75) is 32.8 Å². The number of carbonyl (C=O) groups is 1. The highest BCUT2D eigenvalue weighted by Crippen LogP contribution is 2.29. The van der Waals surface area contributed by atoms with E-state index in [0.29, 0.717) is 19.6 Å². The van der Waals surface area contributed by atoms with Crippen LogP contribution in [0, 0.1) is 5.82 Å².